The van der Waals surface area contributed by atoms with Crippen molar-refractivity contribution >= 4 is 17.4 Å². The molecule has 2 nitrogen and oxygen atoms in total. The maximum absolute atomic E-state index is 12.3. The minimum Gasteiger partial charge on any atom is -0.330 e. The number of hydrogen-bond acceptors (Lipinski definition) is 2. The molecule has 1 aliphatic rings. The normalized spacial score (nSPS) is 18.6. The third-order valence-electron chi connectivity index (χ3n) is 4.03. The molecule has 18 heavy (non-hydrogen) atoms. The van der Waals surface area contributed by atoms with Crippen molar-refractivity contribution in [3.05, 3.63) is 34.9 Å². The van der Waals surface area contributed by atoms with Crippen LogP contribution in [0.2, 0.25) is 5.02 Å². The lowest BCUT2D eigenvalue weighted by Crippen LogP contribution is -2.35. The van der Waals surface area contributed by atoms with E-state index in [1.54, 1.807) is 12.1 Å². The Hall–Kier alpha value is -0.860. The summed E-state index contributed by atoms with van der Waals surface area (Å²) in [6.45, 7) is 0.610. The molecular formula is C15H20ClNO. The molecule has 2 rings (SSSR count). The maximum atomic E-state index is 12.3. The summed E-state index contributed by atoms with van der Waals surface area (Å²) in [6.07, 6.45) is 6.38. The van der Waals surface area contributed by atoms with E-state index in [0.29, 0.717) is 23.6 Å². The summed E-state index contributed by atoms with van der Waals surface area (Å²) >= 11 is 5.92. The predicted octanol–water partition coefficient (Wildman–Crippen LogP) is 3.82. The Bertz CT molecular complexity index is 424. The van der Waals surface area contributed by atoms with E-state index in [-0.39, 0.29) is 11.2 Å². The van der Waals surface area contributed by atoms with E-state index in [0.717, 1.165) is 12.8 Å². The molecular weight excluding hydrogens is 246 g/mol. The zero-order valence-corrected chi connectivity index (χ0v) is 11.4. The Morgan fingerprint density at radius 2 is 2.00 bits per heavy atom. The Morgan fingerprint density at radius 3 is 2.61 bits per heavy atom. The molecule has 0 atom stereocenters. The highest BCUT2D eigenvalue weighted by Gasteiger charge is 2.33. The lowest BCUT2D eigenvalue weighted by atomic mass is 9.70. The van der Waals surface area contributed by atoms with Crippen LogP contribution in [0, 0.1) is 5.41 Å². The number of hydrogen-bond donors (Lipinski definition) is 1. The molecule has 0 aromatic heterocycles. The van der Waals surface area contributed by atoms with Gasteiger partial charge in [-0.15, -0.1) is 0 Å². The molecule has 1 saturated carbocycles. The Morgan fingerprint density at radius 1 is 1.28 bits per heavy atom. The van der Waals surface area contributed by atoms with Gasteiger partial charge in [0.05, 0.1) is 0 Å². The van der Waals surface area contributed by atoms with Gasteiger partial charge in [-0.3, -0.25) is 4.79 Å². The second kappa shape index (κ2) is 5.85. The van der Waals surface area contributed by atoms with Crippen molar-refractivity contribution in [1.82, 2.24) is 0 Å². The van der Waals surface area contributed by atoms with Gasteiger partial charge in [0.1, 0.15) is 0 Å². The fourth-order valence-electron chi connectivity index (χ4n) is 2.86. The molecule has 0 amide bonds. The molecule has 1 aromatic rings. The number of carbonyl (C=O) groups is 1. The summed E-state index contributed by atoms with van der Waals surface area (Å²) in [5.41, 5.74) is 6.65. The van der Waals surface area contributed by atoms with Crippen molar-refractivity contribution in [3.8, 4) is 0 Å². The fourth-order valence-corrected chi connectivity index (χ4v) is 3.05. The summed E-state index contributed by atoms with van der Waals surface area (Å²) in [7, 11) is 0. The number of carbonyl (C=O) groups excluding carboxylic acids is 1. The van der Waals surface area contributed by atoms with Crippen molar-refractivity contribution in [2.24, 2.45) is 11.1 Å². The van der Waals surface area contributed by atoms with Crippen molar-refractivity contribution in [2.75, 3.05) is 6.54 Å². The minimum absolute atomic E-state index is 0.0254. The summed E-state index contributed by atoms with van der Waals surface area (Å²) in [6, 6.07) is 7.20. The van der Waals surface area contributed by atoms with Crippen LogP contribution in [0.1, 0.15) is 48.9 Å². The van der Waals surface area contributed by atoms with Crippen LogP contribution in [0.5, 0.6) is 0 Å². The van der Waals surface area contributed by atoms with Crippen LogP contribution in [-0.2, 0) is 0 Å². The standard InChI is InChI=1S/C15H20ClNO/c16-13-6-4-5-12(9-13)14(18)10-15(11-17)7-2-1-3-8-15/h4-6,9H,1-3,7-8,10-11,17H2. The highest BCUT2D eigenvalue weighted by molar-refractivity contribution is 6.31. The Labute approximate surface area is 114 Å². The van der Waals surface area contributed by atoms with Crippen LogP contribution in [0.15, 0.2) is 24.3 Å². The summed E-state index contributed by atoms with van der Waals surface area (Å²) < 4.78 is 0. The van der Waals surface area contributed by atoms with Crippen LogP contribution < -0.4 is 5.73 Å². The first-order chi connectivity index (χ1) is 8.65. The average molecular weight is 266 g/mol. The van der Waals surface area contributed by atoms with Gasteiger partial charge in [-0.1, -0.05) is 43.0 Å². The second-order valence-corrected chi connectivity index (χ2v) is 5.81. The summed E-state index contributed by atoms with van der Waals surface area (Å²) in [5.74, 6) is 0.171. The fraction of sp³-hybridized carbons (Fsp3) is 0.533. The topological polar surface area (TPSA) is 43.1 Å². The molecule has 1 aromatic carbocycles. The van der Waals surface area contributed by atoms with Gasteiger partial charge >= 0.3 is 0 Å². The van der Waals surface area contributed by atoms with Crippen LogP contribution in [0.3, 0.4) is 0 Å². The lowest BCUT2D eigenvalue weighted by molar-refractivity contribution is 0.0868. The smallest absolute Gasteiger partial charge is 0.163 e. The monoisotopic (exact) mass is 265 g/mol. The molecule has 0 saturated heterocycles. The molecule has 1 aliphatic carbocycles. The third-order valence-corrected chi connectivity index (χ3v) is 4.26. The first-order valence-electron chi connectivity index (χ1n) is 6.64. The van der Waals surface area contributed by atoms with Crippen molar-refractivity contribution in [1.29, 1.82) is 0 Å². The van der Waals surface area contributed by atoms with E-state index in [4.69, 9.17) is 17.3 Å². The SMILES string of the molecule is NCC1(CC(=O)c2cccc(Cl)c2)CCCCC1. The number of ketones is 1. The van der Waals surface area contributed by atoms with Gasteiger partial charge in [-0.2, -0.15) is 0 Å². The summed E-state index contributed by atoms with van der Waals surface area (Å²) in [5, 5.41) is 0.617. The molecule has 3 heteroatoms. The van der Waals surface area contributed by atoms with Crippen molar-refractivity contribution in [2.45, 2.75) is 38.5 Å². The molecule has 1 fully saturated rings. The van der Waals surface area contributed by atoms with Gasteiger partial charge < -0.3 is 5.73 Å². The average Bonchev–Trinajstić information content (AvgIpc) is 2.40. The van der Waals surface area contributed by atoms with E-state index in [2.05, 4.69) is 0 Å². The van der Waals surface area contributed by atoms with Crippen LogP contribution in [0.4, 0.5) is 0 Å². The Balaban J connectivity index is 2.10. The van der Waals surface area contributed by atoms with E-state index < -0.39 is 0 Å². The first-order valence-corrected chi connectivity index (χ1v) is 7.02. The van der Waals surface area contributed by atoms with E-state index in [1.165, 1.54) is 19.3 Å². The van der Waals surface area contributed by atoms with Gasteiger partial charge in [-0.05, 0) is 36.9 Å². The molecule has 0 unspecified atom stereocenters. The maximum Gasteiger partial charge on any atom is 0.163 e. The largest absolute Gasteiger partial charge is 0.330 e. The van der Waals surface area contributed by atoms with Gasteiger partial charge in [0.25, 0.3) is 0 Å². The lowest BCUT2D eigenvalue weighted by Gasteiger charge is -2.35. The van der Waals surface area contributed by atoms with Gasteiger partial charge in [0.2, 0.25) is 0 Å². The molecule has 2 N–H and O–H groups in total. The highest BCUT2D eigenvalue weighted by atomic mass is 35.5. The molecule has 0 aliphatic heterocycles. The molecule has 0 bridgehead atoms. The number of nitrogens with two attached hydrogens (primary N) is 1. The number of halogens is 1. The van der Waals surface area contributed by atoms with Gasteiger partial charge in [-0.25, -0.2) is 0 Å². The van der Waals surface area contributed by atoms with Crippen LogP contribution in [0.25, 0.3) is 0 Å². The number of Topliss-reactive ketones (excluding diaryl/α,β-unsaturated/α-hetero) is 1. The van der Waals surface area contributed by atoms with Gasteiger partial charge in [0, 0.05) is 17.0 Å². The van der Waals surface area contributed by atoms with E-state index in [9.17, 15) is 4.79 Å². The number of rotatable bonds is 4. The van der Waals surface area contributed by atoms with Crippen LogP contribution in [-0.4, -0.2) is 12.3 Å². The van der Waals surface area contributed by atoms with Gasteiger partial charge in [0.15, 0.2) is 5.78 Å². The molecule has 0 radical (unpaired) electrons. The zero-order valence-electron chi connectivity index (χ0n) is 10.6. The zero-order chi connectivity index (χ0) is 13.0. The second-order valence-electron chi connectivity index (χ2n) is 5.38. The van der Waals surface area contributed by atoms with E-state index in [1.807, 2.05) is 12.1 Å². The minimum atomic E-state index is 0.0254. The Kier molecular flexibility index (Phi) is 4.41. The van der Waals surface area contributed by atoms with Crippen molar-refractivity contribution < 1.29 is 4.79 Å². The predicted molar refractivity (Wildman–Crippen MR) is 75.0 cm³/mol. The van der Waals surface area contributed by atoms with Crippen LogP contribution >= 0.6 is 11.6 Å². The third kappa shape index (κ3) is 3.12. The molecule has 0 heterocycles. The number of benzene rings is 1. The quantitative estimate of drug-likeness (QED) is 0.841. The molecule has 0 spiro atoms. The van der Waals surface area contributed by atoms with Crippen molar-refractivity contribution in [3.63, 3.8) is 0 Å². The first kappa shape index (κ1) is 13.6. The molecule has 98 valence electrons. The summed E-state index contributed by atoms with van der Waals surface area (Å²) in [4.78, 5) is 12.3. The highest BCUT2D eigenvalue weighted by Crippen LogP contribution is 2.39. The van der Waals surface area contributed by atoms with E-state index >= 15 is 0 Å².